The zero-order valence-electron chi connectivity index (χ0n) is 11.5. The highest BCUT2D eigenvalue weighted by atomic mass is 16.2. The summed E-state index contributed by atoms with van der Waals surface area (Å²) in [4.78, 5) is 16.7. The third-order valence-electron chi connectivity index (χ3n) is 4.59. The first-order valence-electron chi connectivity index (χ1n) is 7.19. The van der Waals surface area contributed by atoms with Gasteiger partial charge >= 0.3 is 0 Å². The maximum absolute atomic E-state index is 12.2. The second-order valence-electron chi connectivity index (χ2n) is 5.86. The largest absolute Gasteiger partial charge is 0.341 e. The van der Waals surface area contributed by atoms with Crippen LogP contribution < -0.4 is 0 Å². The minimum absolute atomic E-state index is 0.325. The van der Waals surface area contributed by atoms with Crippen LogP contribution in [0, 0.1) is 5.92 Å². The molecule has 0 unspecified atom stereocenters. The second-order valence-corrected chi connectivity index (χ2v) is 5.86. The van der Waals surface area contributed by atoms with Crippen molar-refractivity contribution in [2.24, 2.45) is 5.92 Å². The van der Waals surface area contributed by atoms with Gasteiger partial charge in [-0.1, -0.05) is 0 Å². The minimum atomic E-state index is 0.325. The molecule has 0 saturated carbocycles. The van der Waals surface area contributed by atoms with Crippen LogP contribution in [-0.4, -0.2) is 58.6 Å². The molecule has 3 heterocycles. The number of H-pyrrole nitrogens is 1. The van der Waals surface area contributed by atoms with Crippen LogP contribution in [0.15, 0.2) is 12.4 Å². The fourth-order valence-corrected chi connectivity index (χ4v) is 3.39. The molecular weight excluding hydrogens is 240 g/mol. The topological polar surface area (TPSA) is 52.2 Å². The number of likely N-dealkylation sites (tertiary alicyclic amines) is 2. The average Bonchev–Trinajstić information content (AvgIpc) is 3.08. The zero-order chi connectivity index (χ0) is 13.2. The number of aryl methyl sites for hydroxylation is 1. The Morgan fingerprint density at radius 3 is 3.16 bits per heavy atom. The fourth-order valence-electron chi connectivity index (χ4n) is 3.39. The number of likely N-dealkylation sites (N-methyl/N-ethyl adjacent to an activating group) is 1. The summed E-state index contributed by atoms with van der Waals surface area (Å²) in [7, 11) is 2.18. The molecule has 0 spiro atoms. The van der Waals surface area contributed by atoms with Crippen molar-refractivity contribution < 1.29 is 4.79 Å². The molecule has 19 heavy (non-hydrogen) atoms. The highest BCUT2D eigenvalue weighted by Crippen LogP contribution is 2.30. The van der Waals surface area contributed by atoms with E-state index in [1.165, 1.54) is 18.5 Å². The van der Waals surface area contributed by atoms with E-state index in [0.29, 0.717) is 24.3 Å². The Morgan fingerprint density at radius 2 is 2.42 bits per heavy atom. The van der Waals surface area contributed by atoms with Crippen LogP contribution in [0.3, 0.4) is 0 Å². The quantitative estimate of drug-likeness (QED) is 0.877. The summed E-state index contributed by atoms with van der Waals surface area (Å²) >= 11 is 0. The van der Waals surface area contributed by atoms with E-state index in [9.17, 15) is 4.79 Å². The van der Waals surface area contributed by atoms with Crippen molar-refractivity contribution >= 4 is 5.91 Å². The lowest BCUT2D eigenvalue weighted by molar-refractivity contribution is -0.130. The molecule has 0 radical (unpaired) electrons. The Hall–Kier alpha value is -1.36. The van der Waals surface area contributed by atoms with Crippen LogP contribution in [0.2, 0.25) is 0 Å². The number of carbonyl (C=O) groups excluding carboxylic acids is 1. The predicted octanol–water partition coefficient (Wildman–Crippen LogP) is 0.895. The Kier molecular flexibility index (Phi) is 3.55. The molecule has 104 valence electrons. The van der Waals surface area contributed by atoms with E-state index in [2.05, 4.69) is 27.0 Å². The van der Waals surface area contributed by atoms with Gasteiger partial charge in [0.1, 0.15) is 0 Å². The SMILES string of the molecule is CN1CC[C@H]2CN(C(=O)CCCc3cn[nH]c3)C[C@H]21. The van der Waals surface area contributed by atoms with Gasteiger partial charge in [-0.15, -0.1) is 0 Å². The van der Waals surface area contributed by atoms with Gasteiger partial charge in [0.05, 0.1) is 6.20 Å². The van der Waals surface area contributed by atoms with Crippen molar-refractivity contribution in [2.45, 2.75) is 31.7 Å². The molecule has 1 aromatic heterocycles. The highest BCUT2D eigenvalue weighted by Gasteiger charge is 2.40. The first kappa shape index (κ1) is 12.7. The predicted molar refractivity (Wildman–Crippen MR) is 72.6 cm³/mol. The molecule has 2 aliphatic heterocycles. The van der Waals surface area contributed by atoms with Crippen LogP contribution in [0.1, 0.15) is 24.8 Å². The van der Waals surface area contributed by atoms with Gasteiger partial charge in [0.2, 0.25) is 5.91 Å². The van der Waals surface area contributed by atoms with E-state index < -0.39 is 0 Å². The molecule has 2 fully saturated rings. The second kappa shape index (κ2) is 5.33. The smallest absolute Gasteiger partial charge is 0.222 e. The van der Waals surface area contributed by atoms with Crippen LogP contribution in [0.25, 0.3) is 0 Å². The molecule has 3 rings (SSSR count). The Bertz CT molecular complexity index is 431. The number of aromatic nitrogens is 2. The molecular formula is C14H22N4O. The van der Waals surface area contributed by atoms with Crippen LogP contribution in [-0.2, 0) is 11.2 Å². The number of rotatable bonds is 4. The lowest BCUT2D eigenvalue weighted by Gasteiger charge is -2.20. The molecule has 2 aliphatic rings. The van der Waals surface area contributed by atoms with Gasteiger partial charge in [0.15, 0.2) is 0 Å². The molecule has 0 aromatic carbocycles. The van der Waals surface area contributed by atoms with E-state index in [1.807, 2.05) is 12.4 Å². The third-order valence-corrected chi connectivity index (χ3v) is 4.59. The van der Waals surface area contributed by atoms with Crippen molar-refractivity contribution in [3.05, 3.63) is 18.0 Å². The zero-order valence-corrected chi connectivity index (χ0v) is 11.5. The summed E-state index contributed by atoms with van der Waals surface area (Å²) < 4.78 is 0. The first-order valence-corrected chi connectivity index (χ1v) is 7.19. The van der Waals surface area contributed by atoms with Crippen molar-refractivity contribution in [1.29, 1.82) is 0 Å². The summed E-state index contributed by atoms with van der Waals surface area (Å²) in [6, 6.07) is 0.609. The van der Waals surface area contributed by atoms with Gasteiger partial charge in [0.25, 0.3) is 0 Å². The number of fused-ring (bicyclic) bond motifs is 1. The molecule has 1 aromatic rings. The lowest BCUT2D eigenvalue weighted by Crippen LogP contribution is -2.34. The van der Waals surface area contributed by atoms with Crippen LogP contribution >= 0.6 is 0 Å². The minimum Gasteiger partial charge on any atom is -0.341 e. The van der Waals surface area contributed by atoms with Gasteiger partial charge in [-0.25, -0.2) is 0 Å². The maximum Gasteiger partial charge on any atom is 0.222 e. The van der Waals surface area contributed by atoms with Gasteiger partial charge in [-0.05, 0) is 44.3 Å². The maximum atomic E-state index is 12.2. The number of hydrogen-bond donors (Lipinski definition) is 1. The summed E-state index contributed by atoms with van der Waals surface area (Å²) in [5.74, 6) is 1.04. The van der Waals surface area contributed by atoms with Crippen molar-refractivity contribution in [1.82, 2.24) is 20.0 Å². The van der Waals surface area contributed by atoms with Gasteiger partial charge in [0, 0.05) is 31.7 Å². The number of nitrogens with one attached hydrogen (secondary N) is 1. The lowest BCUT2D eigenvalue weighted by atomic mass is 10.1. The Labute approximate surface area is 114 Å². The molecule has 2 atom stereocenters. The van der Waals surface area contributed by atoms with Gasteiger partial charge in [-0.3, -0.25) is 9.89 Å². The number of amides is 1. The van der Waals surface area contributed by atoms with E-state index >= 15 is 0 Å². The molecule has 0 bridgehead atoms. The van der Waals surface area contributed by atoms with E-state index in [-0.39, 0.29) is 0 Å². The van der Waals surface area contributed by atoms with Crippen LogP contribution in [0.5, 0.6) is 0 Å². The standard InChI is InChI=1S/C14H22N4O/c1-17-6-5-12-9-18(10-13(12)17)14(19)4-2-3-11-7-15-16-8-11/h7-8,12-13H,2-6,9-10H2,1H3,(H,15,16)/t12-,13+/m0/s1. The summed E-state index contributed by atoms with van der Waals surface area (Å²) in [5, 5.41) is 6.72. The average molecular weight is 262 g/mol. The van der Waals surface area contributed by atoms with Crippen molar-refractivity contribution in [3.63, 3.8) is 0 Å². The van der Waals surface area contributed by atoms with E-state index in [1.54, 1.807) is 0 Å². The van der Waals surface area contributed by atoms with E-state index in [4.69, 9.17) is 0 Å². The van der Waals surface area contributed by atoms with Crippen LogP contribution in [0.4, 0.5) is 0 Å². The summed E-state index contributed by atoms with van der Waals surface area (Å²) in [6.07, 6.45) is 7.50. The number of nitrogens with zero attached hydrogens (tertiary/aromatic N) is 3. The molecule has 2 saturated heterocycles. The third kappa shape index (κ3) is 2.66. The highest BCUT2D eigenvalue weighted by molar-refractivity contribution is 5.76. The normalized spacial score (nSPS) is 26.9. The number of aromatic amines is 1. The Balaban J connectivity index is 1.44. The Morgan fingerprint density at radius 1 is 1.53 bits per heavy atom. The van der Waals surface area contributed by atoms with Crippen molar-refractivity contribution in [2.75, 3.05) is 26.7 Å². The monoisotopic (exact) mass is 262 g/mol. The molecule has 0 aliphatic carbocycles. The number of carbonyl (C=O) groups is 1. The van der Waals surface area contributed by atoms with Gasteiger partial charge < -0.3 is 9.80 Å². The number of hydrogen-bond acceptors (Lipinski definition) is 3. The van der Waals surface area contributed by atoms with Gasteiger partial charge in [-0.2, -0.15) is 5.10 Å². The molecule has 5 nitrogen and oxygen atoms in total. The summed E-state index contributed by atoms with van der Waals surface area (Å²) in [5.41, 5.74) is 1.19. The molecule has 1 N–H and O–H groups in total. The van der Waals surface area contributed by atoms with E-state index in [0.717, 1.165) is 25.9 Å². The first-order chi connectivity index (χ1) is 9.24. The van der Waals surface area contributed by atoms with Crippen molar-refractivity contribution in [3.8, 4) is 0 Å². The summed E-state index contributed by atoms with van der Waals surface area (Å²) in [6.45, 7) is 3.10. The fraction of sp³-hybridized carbons (Fsp3) is 0.714. The molecule has 5 heteroatoms. The molecule has 1 amide bonds.